The number of H-pyrrole nitrogens is 1. The number of aromatic amines is 1. The average molecular weight is 305 g/mol. The Labute approximate surface area is 130 Å². The monoisotopic (exact) mass is 305 g/mol. The lowest BCUT2D eigenvalue weighted by molar-refractivity contribution is 0.0699. The maximum absolute atomic E-state index is 11.4. The molecule has 1 aromatic carbocycles. The summed E-state index contributed by atoms with van der Waals surface area (Å²) < 4.78 is 1.73. The molecule has 4 aromatic rings. The van der Waals surface area contributed by atoms with E-state index in [1.807, 2.05) is 36.5 Å². The summed E-state index contributed by atoms with van der Waals surface area (Å²) in [7, 11) is 0. The van der Waals surface area contributed by atoms with Crippen LogP contribution >= 0.6 is 0 Å². The van der Waals surface area contributed by atoms with Gasteiger partial charge < -0.3 is 10.1 Å². The van der Waals surface area contributed by atoms with Crippen LogP contribution in [0.4, 0.5) is 0 Å². The van der Waals surface area contributed by atoms with Gasteiger partial charge in [-0.05, 0) is 18.2 Å². The van der Waals surface area contributed by atoms with Gasteiger partial charge in [0.05, 0.1) is 22.3 Å². The van der Waals surface area contributed by atoms with Crippen molar-refractivity contribution in [1.82, 2.24) is 24.7 Å². The number of fused-ring (bicyclic) bond motifs is 1. The average Bonchev–Trinajstić information content (AvgIpc) is 3.24. The molecule has 7 nitrogen and oxygen atoms in total. The highest BCUT2D eigenvalue weighted by molar-refractivity contribution is 6.07. The van der Waals surface area contributed by atoms with E-state index in [-0.39, 0.29) is 5.56 Å². The van der Waals surface area contributed by atoms with Crippen molar-refractivity contribution in [3.63, 3.8) is 0 Å². The van der Waals surface area contributed by atoms with Crippen LogP contribution in [0.15, 0.2) is 55.2 Å². The maximum atomic E-state index is 11.4. The van der Waals surface area contributed by atoms with E-state index in [1.54, 1.807) is 10.9 Å². The molecule has 0 radical (unpaired) electrons. The Kier molecular flexibility index (Phi) is 2.90. The van der Waals surface area contributed by atoms with E-state index < -0.39 is 5.97 Å². The van der Waals surface area contributed by atoms with Gasteiger partial charge in [-0.25, -0.2) is 19.4 Å². The van der Waals surface area contributed by atoms with E-state index >= 15 is 0 Å². The predicted octanol–water partition coefficient (Wildman–Crippen LogP) is 2.51. The minimum absolute atomic E-state index is 0.153. The standard InChI is InChI=1S/C16H11N5O2/c22-16(23)12-8-17-15-13(12)14(18-9-19-15)10-3-1-4-11(7-10)21-6-2-5-20-21/h1-9H,(H,22,23)(H,17,18,19). The van der Waals surface area contributed by atoms with Crippen LogP contribution in [0.1, 0.15) is 10.4 Å². The van der Waals surface area contributed by atoms with Crippen LogP contribution in [0, 0.1) is 0 Å². The van der Waals surface area contributed by atoms with E-state index in [2.05, 4.69) is 20.1 Å². The first-order chi connectivity index (χ1) is 11.2. The van der Waals surface area contributed by atoms with Gasteiger partial charge in [0.15, 0.2) is 0 Å². The Morgan fingerprint density at radius 2 is 2.13 bits per heavy atom. The van der Waals surface area contributed by atoms with Crippen LogP contribution in [0.25, 0.3) is 28.0 Å². The molecular formula is C16H11N5O2. The van der Waals surface area contributed by atoms with Crippen molar-refractivity contribution in [1.29, 1.82) is 0 Å². The fourth-order valence-corrected chi connectivity index (χ4v) is 2.57. The Morgan fingerprint density at radius 1 is 1.22 bits per heavy atom. The van der Waals surface area contributed by atoms with Crippen molar-refractivity contribution in [2.75, 3.05) is 0 Å². The third-order valence-corrected chi connectivity index (χ3v) is 3.59. The zero-order valence-corrected chi connectivity index (χ0v) is 11.8. The molecule has 3 heterocycles. The second-order valence-electron chi connectivity index (χ2n) is 4.95. The zero-order valence-electron chi connectivity index (χ0n) is 11.8. The first kappa shape index (κ1) is 13.2. The molecule has 23 heavy (non-hydrogen) atoms. The molecular weight excluding hydrogens is 294 g/mol. The molecule has 0 unspecified atom stereocenters. The second-order valence-corrected chi connectivity index (χ2v) is 4.95. The maximum Gasteiger partial charge on any atom is 0.338 e. The molecule has 112 valence electrons. The van der Waals surface area contributed by atoms with Crippen molar-refractivity contribution >= 4 is 17.0 Å². The Hall–Kier alpha value is -3.48. The van der Waals surface area contributed by atoms with E-state index in [4.69, 9.17) is 0 Å². The van der Waals surface area contributed by atoms with Crippen LogP contribution < -0.4 is 0 Å². The molecule has 0 aliphatic rings. The van der Waals surface area contributed by atoms with Gasteiger partial charge in [-0.2, -0.15) is 5.10 Å². The van der Waals surface area contributed by atoms with Crippen molar-refractivity contribution in [3.8, 4) is 16.9 Å². The molecule has 0 bridgehead atoms. The fraction of sp³-hybridized carbons (Fsp3) is 0. The largest absolute Gasteiger partial charge is 0.478 e. The third kappa shape index (κ3) is 2.15. The molecule has 0 saturated carbocycles. The van der Waals surface area contributed by atoms with Crippen LogP contribution in [-0.2, 0) is 0 Å². The van der Waals surface area contributed by atoms with Gasteiger partial charge in [-0.1, -0.05) is 12.1 Å². The van der Waals surface area contributed by atoms with Crippen LogP contribution in [0.3, 0.4) is 0 Å². The zero-order chi connectivity index (χ0) is 15.8. The third-order valence-electron chi connectivity index (χ3n) is 3.59. The van der Waals surface area contributed by atoms with Crippen LogP contribution in [0.2, 0.25) is 0 Å². The molecule has 0 aliphatic carbocycles. The highest BCUT2D eigenvalue weighted by atomic mass is 16.4. The molecule has 0 aliphatic heterocycles. The minimum Gasteiger partial charge on any atom is -0.478 e. The van der Waals surface area contributed by atoms with Gasteiger partial charge in [0.25, 0.3) is 0 Å². The number of nitrogens with zero attached hydrogens (tertiary/aromatic N) is 4. The van der Waals surface area contributed by atoms with Gasteiger partial charge in [0, 0.05) is 24.2 Å². The lowest BCUT2D eigenvalue weighted by Gasteiger charge is -2.06. The normalized spacial score (nSPS) is 11.0. The molecule has 0 spiro atoms. The van der Waals surface area contributed by atoms with Gasteiger partial charge in [0.1, 0.15) is 12.0 Å². The summed E-state index contributed by atoms with van der Waals surface area (Å²) in [4.78, 5) is 22.7. The van der Waals surface area contributed by atoms with Crippen LogP contribution in [0.5, 0.6) is 0 Å². The molecule has 0 fully saturated rings. The topological polar surface area (TPSA) is 96.7 Å². The first-order valence-corrected chi connectivity index (χ1v) is 6.90. The Morgan fingerprint density at radius 3 is 2.91 bits per heavy atom. The number of aromatic nitrogens is 5. The highest BCUT2D eigenvalue weighted by Gasteiger charge is 2.17. The second kappa shape index (κ2) is 5.06. The highest BCUT2D eigenvalue weighted by Crippen LogP contribution is 2.29. The number of aromatic carboxylic acids is 1. The van der Waals surface area contributed by atoms with Gasteiger partial charge in [0.2, 0.25) is 0 Å². The summed E-state index contributed by atoms with van der Waals surface area (Å²) in [5, 5.41) is 14.1. The van der Waals surface area contributed by atoms with Gasteiger partial charge >= 0.3 is 5.97 Å². The number of hydrogen-bond acceptors (Lipinski definition) is 4. The number of carbonyl (C=O) groups is 1. The molecule has 7 heteroatoms. The number of carboxylic acids is 1. The molecule has 2 N–H and O–H groups in total. The number of rotatable bonds is 3. The number of benzene rings is 1. The summed E-state index contributed by atoms with van der Waals surface area (Å²) in [6, 6.07) is 9.43. The molecule has 0 saturated heterocycles. The fourth-order valence-electron chi connectivity index (χ4n) is 2.57. The van der Waals surface area contributed by atoms with Crippen molar-refractivity contribution in [2.45, 2.75) is 0 Å². The molecule has 0 amide bonds. The summed E-state index contributed by atoms with van der Waals surface area (Å²) in [6.07, 6.45) is 6.39. The number of hydrogen-bond donors (Lipinski definition) is 2. The summed E-state index contributed by atoms with van der Waals surface area (Å²) in [5.74, 6) is -1.02. The molecule has 4 rings (SSSR count). The number of nitrogens with one attached hydrogen (secondary N) is 1. The lowest BCUT2D eigenvalue weighted by Crippen LogP contribution is -1.98. The van der Waals surface area contributed by atoms with Crippen molar-refractivity contribution in [2.24, 2.45) is 0 Å². The van der Waals surface area contributed by atoms with E-state index in [9.17, 15) is 9.90 Å². The quantitative estimate of drug-likeness (QED) is 0.606. The van der Waals surface area contributed by atoms with E-state index in [1.165, 1.54) is 12.5 Å². The van der Waals surface area contributed by atoms with Gasteiger partial charge in [-0.3, -0.25) is 0 Å². The Bertz CT molecular complexity index is 1000. The SMILES string of the molecule is O=C(O)c1c[nH]c2ncnc(-c3cccc(-n4cccn4)c3)c12. The summed E-state index contributed by atoms with van der Waals surface area (Å²) in [6.45, 7) is 0. The van der Waals surface area contributed by atoms with Gasteiger partial charge in [-0.15, -0.1) is 0 Å². The summed E-state index contributed by atoms with van der Waals surface area (Å²) in [5.41, 5.74) is 2.89. The van der Waals surface area contributed by atoms with E-state index in [0.717, 1.165) is 11.3 Å². The predicted molar refractivity (Wildman–Crippen MR) is 83.4 cm³/mol. The summed E-state index contributed by atoms with van der Waals surface area (Å²) >= 11 is 0. The van der Waals surface area contributed by atoms with E-state index in [0.29, 0.717) is 16.7 Å². The van der Waals surface area contributed by atoms with Crippen LogP contribution in [-0.4, -0.2) is 35.8 Å². The smallest absolute Gasteiger partial charge is 0.338 e. The number of carboxylic acid groups (broad SMARTS) is 1. The molecule has 0 atom stereocenters. The van der Waals surface area contributed by atoms with Crippen molar-refractivity contribution in [3.05, 3.63) is 60.8 Å². The Balaban J connectivity index is 1.95. The minimum atomic E-state index is -1.02. The van der Waals surface area contributed by atoms with Crippen molar-refractivity contribution < 1.29 is 9.90 Å². The first-order valence-electron chi connectivity index (χ1n) is 6.90. The lowest BCUT2D eigenvalue weighted by atomic mass is 10.1. The molecule has 3 aromatic heterocycles.